The molecule has 0 aliphatic heterocycles. The van der Waals surface area contributed by atoms with E-state index in [-0.39, 0.29) is 19.1 Å². The molecular formula is C23H25ClFNO5. The van der Waals surface area contributed by atoms with E-state index in [1.807, 2.05) is 0 Å². The Kier molecular flexibility index (Phi) is 8.26. The van der Waals surface area contributed by atoms with Gasteiger partial charge in [0.05, 0.1) is 24.6 Å². The first-order valence-corrected chi connectivity index (χ1v) is 10.6. The van der Waals surface area contributed by atoms with Crippen molar-refractivity contribution < 1.29 is 28.6 Å². The van der Waals surface area contributed by atoms with E-state index in [0.717, 1.165) is 25.7 Å². The third-order valence-electron chi connectivity index (χ3n) is 5.30. The molecule has 0 unspecified atom stereocenters. The molecule has 2 aromatic rings. The normalized spacial score (nSPS) is 18.4. The smallest absolute Gasteiger partial charge is 0.418 e. The molecule has 1 N–H and O–H groups in total. The molecule has 0 bridgehead atoms. The minimum Gasteiger partial charge on any atom is -0.480 e. The van der Waals surface area contributed by atoms with Crippen LogP contribution in [0.3, 0.4) is 0 Å². The van der Waals surface area contributed by atoms with Gasteiger partial charge in [0, 0.05) is 5.02 Å². The number of benzene rings is 2. The molecule has 31 heavy (non-hydrogen) atoms. The van der Waals surface area contributed by atoms with Gasteiger partial charge in [0.15, 0.2) is 0 Å². The van der Waals surface area contributed by atoms with Crippen LogP contribution in [-0.4, -0.2) is 37.0 Å². The van der Waals surface area contributed by atoms with Gasteiger partial charge in [-0.15, -0.1) is 0 Å². The van der Waals surface area contributed by atoms with Crippen molar-refractivity contribution in [2.75, 3.05) is 24.7 Å². The standard InChI is InChI=1S/C23H25ClFNO5/c24-18-3-1-5-20(11-18)26(21-6-2-4-19(25)12-21)23(29)31-14-17-9-7-16(8-10-17)13-30-15-22(27)28/h1-6,11-12,16-17H,7-10,13-15H2,(H,27,28). The lowest BCUT2D eigenvalue weighted by Crippen LogP contribution is -2.30. The maximum atomic E-state index is 13.8. The number of hydrogen-bond acceptors (Lipinski definition) is 4. The lowest BCUT2D eigenvalue weighted by Gasteiger charge is -2.29. The Labute approximate surface area is 185 Å². The lowest BCUT2D eigenvalue weighted by atomic mass is 9.83. The Morgan fingerprint density at radius 1 is 1.00 bits per heavy atom. The van der Waals surface area contributed by atoms with Gasteiger partial charge in [-0.2, -0.15) is 0 Å². The van der Waals surface area contributed by atoms with Crippen LogP contribution in [-0.2, 0) is 14.3 Å². The van der Waals surface area contributed by atoms with Gasteiger partial charge in [0.2, 0.25) is 0 Å². The monoisotopic (exact) mass is 449 g/mol. The van der Waals surface area contributed by atoms with Crippen molar-refractivity contribution in [2.24, 2.45) is 11.8 Å². The number of carboxylic acids is 1. The minimum absolute atomic E-state index is 0.216. The van der Waals surface area contributed by atoms with Crippen LogP contribution in [0.25, 0.3) is 0 Å². The minimum atomic E-state index is -0.969. The summed E-state index contributed by atoms with van der Waals surface area (Å²) in [7, 11) is 0. The fraction of sp³-hybridized carbons (Fsp3) is 0.391. The zero-order chi connectivity index (χ0) is 22.2. The molecule has 0 saturated heterocycles. The van der Waals surface area contributed by atoms with Crippen LogP contribution in [0.1, 0.15) is 25.7 Å². The van der Waals surface area contributed by atoms with Gasteiger partial charge in [-0.3, -0.25) is 0 Å². The Hall–Kier alpha value is -2.64. The van der Waals surface area contributed by atoms with Gasteiger partial charge < -0.3 is 14.6 Å². The van der Waals surface area contributed by atoms with E-state index in [0.29, 0.717) is 28.9 Å². The summed E-state index contributed by atoms with van der Waals surface area (Å²) in [6.45, 7) is 0.409. The maximum Gasteiger partial charge on any atom is 0.418 e. The van der Waals surface area contributed by atoms with Crippen LogP contribution < -0.4 is 4.90 Å². The number of carbonyl (C=O) groups excluding carboxylic acids is 1. The average Bonchev–Trinajstić information content (AvgIpc) is 2.73. The first kappa shape index (κ1) is 23.0. The quantitative estimate of drug-likeness (QED) is 0.562. The van der Waals surface area contributed by atoms with E-state index in [2.05, 4.69) is 0 Å². The van der Waals surface area contributed by atoms with E-state index >= 15 is 0 Å². The van der Waals surface area contributed by atoms with E-state index < -0.39 is 17.9 Å². The number of aliphatic carboxylic acids is 1. The summed E-state index contributed by atoms with van der Waals surface area (Å²) in [6.07, 6.45) is 2.92. The second kappa shape index (κ2) is 11.1. The molecule has 8 heteroatoms. The number of anilines is 2. The summed E-state index contributed by atoms with van der Waals surface area (Å²) < 4.78 is 24.6. The number of amides is 1. The summed E-state index contributed by atoms with van der Waals surface area (Å²) in [5, 5.41) is 9.10. The predicted molar refractivity (Wildman–Crippen MR) is 115 cm³/mol. The number of carboxylic acid groups (broad SMARTS) is 1. The molecular weight excluding hydrogens is 425 g/mol. The summed E-state index contributed by atoms with van der Waals surface area (Å²) in [6, 6.07) is 12.5. The molecule has 1 aliphatic rings. The SMILES string of the molecule is O=C(O)COCC1CCC(COC(=O)N(c2cccc(F)c2)c2cccc(Cl)c2)CC1. The third kappa shape index (κ3) is 6.94. The number of nitrogens with zero attached hydrogens (tertiary/aromatic N) is 1. The van der Waals surface area contributed by atoms with E-state index in [9.17, 15) is 14.0 Å². The number of carbonyl (C=O) groups is 2. The molecule has 3 rings (SSSR count). The highest BCUT2D eigenvalue weighted by Gasteiger charge is 2.25. The van der Waals surface area contributed by atoms with Gasteiger partial charge >= 0.3 is 12.1 Å². The van der Waals surface area contributed by atoms with Crippen LogP contribution in [0.15, 0.2) is 48.5 Å². The Morgan fingerprint density at radius 2 is 1.61 bits per heavy atom. The molecule has 1 saturated carbocycles. The van der Waals surface area contributed by atoms with Crippen LogP contribution in [0, 0.1) is 17.7 Å². The van der Waals surface area contributed by atoms with Crippen molar-refractivity contribution in [1.29, 1.82) is 0 Å². The number of rotatable bonds is 8. The largest absolute Gasteiger partial charge is 0.480 e. The topological polar surface area (TPSA) is 76.1 Å². The number of halogens is 2. The molecule has 1 amide bonds. The molecule has 0 radical (unpaired) electrons. The van der Waals surface area contributed by atoms with E-state index in [1.165, 1.54) is 23.1 Å². The van der Waals surface area contributed by atoms with Crippen LogP contribution in [0.4, 0.5) is 20.6 Å². The molecule has 0 atom stereocenters. The summed E-state index contributed by atoms with van der Waals surface area (Å²) in [5.41, 5.74) is 0.842. The van der Waals surface area contributed by atoms with Gasteiger partial charge in [-0.25, -0.2) is 18.9 Å². The Bertz CT molecular complexity index is 856. The van der Waals surface area contributed by atoms with Crippen molar-refractivity contribution in [3.8, 4) is 0 Å². The highest BCUT2D eigenvalue weighted by atomic mass is 35.5. The Balaban J connectivity index is 1.58. The number of hydrogen-bond donors (Lipinski definition) is 1. The van der Waals surface area contributed by atoms with Crippen molar-refractivity contribution in [3.05, 3.63) is 59.4 Å². The van der Waals surface area contributed by atoms with E-state index in [4.69, 9.17) is 26.2 Å². The molecule has 2 aromatic carbocycles. The first-order chi connectivity index (χ1) is 14.9. The summed E-state index contributed by atoms with van der Waals surface area (Å²) in [4.78, 5) is 24.8. The average molecular weight is 450 g/mol. The van der Waals surface area contributed by atoms with Gasteiger partial charge in [0.1, 0.15) is 12.4 Å². The van der Waals surface area contributed by atoms with Gasteiger partial charge in [-0.05, 0) is 73.9 Å². The van der Waals surface area contributed by atoms with Crippen molar-refractivity contribution >= 4 is 35.0 Å². The molecule has 0 spiro atoms. The molecule has 166 valence electrons. The van der Waals surface area contributed by atoms with Crippen molar-refractivity contribution in [3.63, 3.8) is 0 Å². The van der Waals surface area contributed by atoms with Crippen LogP contribution in [0.2, 0.25) is 5.02 Å². The predicted octanol–water partition coefficient (Wildman–Crippen LogP) is 5.66. The lowest BCUT2D eigenvalue weighted by molar-refractivity contribution is -0.142. The van der Waals surface area contributed by atoms with Crippen LogP contribution >= 0.6 is 11.6 Å². The summed E-state index contributed by atoms with van der Waals surface area (Å²) >= 11 is 6.08. The molecule has 6 nitrogen and oxygen atoms in total. The first-order valence-electron chi connectivity index (χ1n) is 10.2. The van der Waals surface area contributed by atoms with E-state index in [1.54, 1.807) is 30.3 Å². The van der Waals surface area contributed by atoms with Crippen molar-refractivity contribution in [2.45, 2.75) is 25.7 Å². The third-order valence-corrected chi connectivity index (χ3v) is 5.54. The fourth-order valence-electron chi connectivity index (χ4n) is 3.72. The van der Waals surface area contributed by atoms with Crippen molar-refractivity contribution in [1.82, 2.24) is 0 Å². The highest BCUT2D eigenvalue weighted by Crippen LogP contribution is 2.31. The maximum absolute atomic E-state index is 13.8. The van der Waals surface area contributed by atoms with Gasteiger partial charge in [-0.1, -0.05) is 23.7 Å². The Morgan fingerprint density at radius 3 is 2.23 bits per heavy atom. The zero-order valence-corrected chi connectivity index (χ0v) is 17.8. The second-order valence-corrected chi connectivity index (χ2v) is 8.10. The summed E-state index contributed by atoms with van der Waals surface area (Å²) in [5.74, 6) is -0.890. The van der Waals surface area contributed by atoms with Gasteiger partial charge in [0.25, 0.3) is 0 Å². The molecule has 1 fully saturated rings. The number of ether oxygens (including phenoxy) is 2. The second-order valence-electron chi connectivity index (χ2n) is 7.67. The fourth-order valence-corrected chi connectivity index (χ4v) is 3.91. The zero-order valence-electron chi connectivity index (χ0n) is 17.0. The molecule has 0 aromatic heterocycles. The molecule has 1 aliphatic carbocycles. The van der Waals surface area contributed by atoms with Crippen LogP contribution in [0.5, 0.6) is 0 Å². The highest BCUT2D eigenvalue weighted by molar-refractivity contribution is 6.31. The molecule has 0 heterocycles.